The molecule has 2 aromatic carbocycles. The summed E-state index contributed by atoms with van der Waals surface area (Å²) in [6.07, 6.45) is 0. The van der Waals surface area contributed by atoms with Crippen LogP contribution in [0.25, 0.3) is 10.9 Å². The van der Waals surface area contributed by atoms with Crippen molar-refractivity contribution in [1.29, 1.82) is 0 Å². The molecular weight excluding hydrogens is 283 g/mol. The van der Waals surface area contributed by atoms with E-state index in [0.717, 1.165) is 28.0 Å². The van der Waals surface area contributed by atoms with Gasteiger partial charge in [0.25, 0.3) is 0 Å². The van der Waals surface area contributed by atoms with Crippen molar-refractivity contribution >= 4 is 22.7 Å². The zero-order valence-corrected chi connectivity index (χ0v) is 12.6. The fourth-order valence-corrected chi connectivity index (χ4v) is 3.10. The molecule has 0 aliphatic heterocycles. The van der Waals surface area contributed by atoms with Gasteiger partial charge in [0.1, 0.15) is 5.82 Å². The van der Waals surface area contributed by atoms with Gasteiger partial charge in [-0.2, -0.15) is 0 Å². The minimum Gasteiger partial charge on any atom is -0.349 e. The van der Waals surface area contributed by atoms with E-state index in [1.807, 2.05) is 49.4 Å². The number of aromatic nitrogens is 1. The summed E-state index contributed by atoms with van der Waals surface area (Å²) in [6, 6.07) is 15.5. The fourth-order valence-electron chi connectivity index (χ4n) is 2.23. The van der Waals surface area contributed by atoms with E-state index in [-0.39, 0.29) is 5.82 Å². The molecule has 1 aromatic heterocycles. The summed E-state index contributed by atoms with van der Waals surface area (Å²) in [5.74, 6) is -0.172. The highest BCUT2D eigenvalue weighted by Crippen LogP contribution is 2.31. The topological polar surface area (TPSA) is 27.8 Å². The smallest absolute Gasteiger partial charge is 0.137 e. The van der Waals surface area contributed by atoms with Crippen molar-refractivity contribution < 1.29 is 4.39 Å². The van der Waals surface area contributed by atoms with Gasteiger partial charge in [0, 0.05) is 22.3 Å². The standard InChI is InChI=1S/C17H17FN2S/c1-2-19-11-12-7-8-16(14(18)9-12)21-17-10-13-5-3-4-6-15(13)20-17/h3-10,19-20H,2,11H2,1H3. The summed E-state index contributed by atoms with van der Waals surface area (Å²) in [7, 11) is 0. The SMILES string of the molecule is CCNCc1ccc(Sc2cc3ccccc3[nH]2)c(F)c1. The molecule has 0 unspecified atom stereocenters. The van der Waals surface area contributed by atoms with E-state index in [1.54, 1.807) is 6.07 Å². The Morgan fingerprint density at radius 1 is 1.14 bits per heavy atom. The molecule has 1 heterocycles. The molecule has 0 bridgehead atoms. The number of para-hydroxylation sites is 1. The lowest BCUT2D eigenvalue weighted by atomic mass is 10.2. The Morgan fingerprint density at radius 2 is 2.00 bits per heavy atom. The molecule has 21 heavy (non-hydrogen) atoms. The van der Waals surface area contributed by atoms with Gasteiger partial charge in [-0.05, 0) is 36.4 Å². The van der Waals surface area contributed by atoms with Crippen LogP contribution in [-0.2, 0) is 6.54 Å². The van der Waals surface area contributed by atoms with E-state index in [4.69, 9.17) is 0 Å². The van der Waals surface area contributed by atoms with Crippen LogP contribution in [0.3, 0.4) is 0 Å². The molecule has 0 atom stereocenters. The van der Waals surface area contributed by atoms with Crippen molar-refractivity contribution in [1.82, 2.24) is 10.3 Å². The Kier molecular flexibility index (Phi) is 4.27. The molecule has 0 spiro atoms. The third kappa shape index (κ3) is 3.28. The lowest BCUT2D eigenvalue weighted by molar-refractivity contribution is 0.596. The van der Waals surface area contributed by atoms with Gasteiger partial charge in [-0.25, -0.2) is 4.39 Å². The predicted octanol–water partition coefficient (Wildman–Crippen LogP) is 4.57. The van der Waals surface area contributed by atoms with Crippen molar-refractivity contribution in [3.63, 3.8) is 0 Å². The molecule has 0 aliphatic carbocycles. The zero-order chi connectivity index (χ0) is 14.7. The summed E-state index contributed by atoms with van der Waals surface area (Å²) < 4.78 is 14.2. The molecule has 108 valence electrons. The summed E-state index contributed by atoms with van der Waals surface area (Å²) in [5.41, 5.74) is 2.04. The third-order valence-electron chi connectivity index (χ3n) is 3.30. The summed E-state index contributed by atoms with van der Waals surface area (Å²) in [5, 5.41) is 5.30. The highest BCUT2D eigenvalue weighted by Gasteiger charge is 2.08. The van der Waals surface area contributed by atoms with Crippen LogP contribution in [0.2, 0.25) is 0 Å². The number of fused-ring (bicyclic) bond motifs is 1. The van der Waals surface area contributed by atoms with E-state index in [1.165, 1.54) is 11.8 Å². The van der Waals surface area contributed by atoms with Gasteiger partial charge in [0.15, 0.2) is 0 Å². The fraction of sp³-hybridized carbons (Fsp3) is 0.176. The number of H-pyrrole nitrogens is 1. The molecular formula is C17H17FN2S. The van der Waals surface area contributed by atoms with Crippen LogP contribution >= 0.6 is 11.8 Å². The maximum atomic E-state index is 14.2. The van der Waals surface area contributed by atoms with Gasteiger partial charge in [0.2, 0.25) is 0 Å². The maximum Gasteiger partial charge on any atom is 0.137 e. The molecule has 3 rings (SSSR count). The zero-order valence-electron chi connectivity index (χ0n) is 11.8. The molecule has 0 amide bonds. The normalized spacial score (nSPS) is 11.1. The van der Waals surface area contributed by atoms with E-state index in [0.29, 0.717) is 11.4 Å². The van der Waals surface area contributed by atoms with Crippen LogP contribution in [0.1, 0.15) is 12.5 Å². The maximum absolute atomic E-state index is 14.2. The molecule has 0 saturated carbocycles. The number of halogens is 1. The third-order valence-corrected chi connectivity index (χ3v) is 4.29. The van der Waals surface area contributed by atoms with Crippen LogP contribution < -0.4 is 5.32 Å². The van der Waals surface area contributed by atoms with Crippen molar-refractivity contribution in [2.75, 3.05) is 6.54 Å². The molecule has 0 fully saturated rings. The number of benzene rings is 2. The number of rotatable bonds is 5. The quantitative estimate of drug-likeness (QED) is 0.722. The van der Waals surface area contributed by atoms with Crippen LogP contribution in [0, 0.1) is 5.82 Å². The number of hydrogen-bond acceptors (Lipinski definition) is 2. The van der Waals surface area contributed by atoms with Crippen LogP contribution in [-0.4, -0.2) is 11.5 Å². The van der Waals surface area contributed by atoms with Crippen molar-refractivity contribution in [3.8, 4) is 0 Å². The number of aromatic amines is 1. The minimum atomic E-state index is -0.172. The highest BCUT2D eigenvalue weighted by atomic mass is 32.2. The molecule has 2 nitrogen and oxygen atoms in total. The molecule has 0 aliphatic rings. The lowest BCUT2D eigenvalue weighted by Crippen LogP contribution is -2.11. The van der Waals surface area contributed by atoms with Crippen LogP contribution in [0.5, 0.6) is 0 Å². The average Bonchev–Trinajstić information content (AvgIpc) is 2.90. The molecule has 4 heteroatoms. The second-order valence-corrected chi connectivity index (χ2v) is 5.95. The lowest BCUT2D eigenvalue weighted by Gasteiger charge is -2.05. The Bertz CT molecular complexity index is 718. The summed E-state index contributed by atoms with van der Waals surface area (Å²) in [4.78, 5) is 3.94. The van der Waals surface area contributed by atoms with Crippen LogP contribution in [0.4, 0.5) is 4.39 Å². The minimum absolute atomic E-state index is 0.172. The second-order valence-electron chi connectivity index (χ2n) is 4.87. The Labute approximate surface area is 127 Å². The first kappa shape index (κ1) is 14.2. The van der Waals surface area contributed by atoms with Gasteiger partial charge in [-0.1, -0.05) is 43.0 Å². The summed E-state index contributed by atoms with van der Waals surface area (Å²) >= 11 is 1.42. The Balaban J connectivity index is 1.80. The van der Waals surface area contributed by atoms with E-state index in [2.05, 4.69) is 10.3 Å². The number of hydrogen-bond donors (Lipinski definition) is 2. The first-order valence-corrected chi connectivity index (χ1v) is 7.82. The van der Waals surface area contributed by atoms with Gasteiger partial charge in [-0.3, -0.25) is 0 Å². The monoisotopic (exact) mass is 300 g/mol. The Hall–Kier alpha value is -1.78. The van der Waals surface area contributed by atoms with E-state index < -0.39 is 0 Å². The van der Waals surface area contributed by atoms with E-state index >= 15 is 0 Å². The molecule has 2 N–H and O–H groups in total. The van der Waals surface area contributed by atoms with E-state index in [9.17, 15) is 4.39 Å². The highest BCUT2D eigenvalue weighted by molar-refractivity contribution is 7.99. The first-order chi connectivity index (χ1) is 10.3. The molecule has 3 aromatic rings. The van der Waals surface area contributed by atoms with Crippen molar-refractivity contribution in [2.45, 2.75) is 23.4 Å². The summed E-state index contributed by atoms with van der Waals surface area (Å²) in [6.45, 7) is 3.62. The van der Waals surface area contributed by atoms with Crippen molar-refractivity contribution in [2.24, 2.45) is 0 Å². The van der Waals surface area contributed by atoms with Crippen molar-refractivity contribution in [3.05, 3.63) is 59.9 Å². The largest absolute Gasteiger partial charge is 0.349 e. The van der Waals surface area contributed by atoms with Gasteiger partial charge in [0.05, 0.1) is 5.03 Å². The first-order valence-electron chi connectivity index (χ1n) is 7.01. The Morgan fingerprint density at radius 3 is 2.76 bits per heavy atom. The van der Waals surface area contributed by atoms with Gasteiger partial charge in [-0.15, -0.1) is 0 Å². The second kappa shape index (κ2) is 6.33. The van der Waals surface area contributed by atoms with Gasteiger partial charge < -0.3 is 10.3 Å². The predicted molar refractivity (Wildman–Crippen MR) is 86.2 cm³/mol. The number of nitrogens with one attached hydrogen (secondary N) is 2. The van der Waals surface area contributed by atoms with Gasteiger partial charge >= 0.3 is 0 Å². The van der Waals surface area contributed by atoms with Crippen LogP contribution in [0.15, 0.2) is 58.5 Å². The average molecular weight is 300 g/mol. The molecule has 0 radical (unpaired) electrons. The molecule has 0 saturated heterocycles.